The van der Waals surface area contributed by atoms with Gasteiger partial charge in [0.25, 0.3) is 11.8 Å². The molecule has 3 aromatic rings. The van der Waals surface area contributed by atoms with Gasteiger partial charge in [-0.2, -0.15) is 0 Å². The predicted octanol–water partition coefficient (Wildman–Crippen LogP) is 1.93. The molecular weight excluding hydrogens is 316 g/mol. The Labute approximate surface area is 144 Å². The fourth-order valence-electron chi connectivity index (χ4n) is 3.10. The van der Waals surface area contributed by atoms with Crippen molar-refractivity contribution in [1.29, 1.82) is 0 Å². The monoisotopic (exact) mass is 332 g/mol. The SMILES string of the molecule is NC(=O)c1ncc2c(n1)CN(C(=O)c1ccc3ccccc3c1)CC2. The Morgan fingerprint density at radius 1 is 1.08 bits per heavy atom. The van der Waals surface area contributed by atoms with E-state index in [4.69, 9.17) is 5.73 Å². The Morgan fingerprint density at radius 2 is 1.88 bits per heavy atom. The Balaban J connectivity index is 1.62. The van der Waals surface area contributed by atoms with Crippen molar-refractivity contribution >= 4 is 22.6 Å². The van der Waals surface area contributed by atoms with E-state index in [1.54, 1.807) is 11.1 Å². The Hall–Kier alpha value is -3.28. The van der Waals surface area contributed by atoms with Gasteiger partial charge in [-0.05, 0) is 34.9 Å². The molecule has 0 saturated carbocycles. The van der Waals surface area contributed by atoms with Crippen molar-refractivity contribution in [1.82, 2.24) is 14.9 Å². The number of carbonyl (C=O) groups excluding carboxylic acids is 2. The number of nitrogens with zero attached hydrogens (tertiary/aromatic N) is 3. The molecule has 0 atom stereocenters. The van der Waals surface area contributed by atoms with Crippen LogP contribution in [-0.2, 0) is 13.0 Å². The van der Waals surface area contributed by atoms with Crippen LogP contribution in [0, 0.1) is 0 Å². The molecule has 6 heteroatoms. The highest BCUT2D eigenvalue weighted by molar-refractivity contribution is 5.98. The number of carbonyl (C=O) groups is 2. The number of aromatic nitrogens is 2. The van der Waals surface area contributed by atoms with Crippen LogP contribution in [-0.4, -0.2) is 33.2 Å². The van der Waals surface area contributed by atoms with Crippen LogP contribution in [0.4, 0.5) is 0 Å². The normalized spacial score (nSPS) is 13.5. The minimum atomic E-state index is -0.666. The van der Waals surface area contributed by atoms with Gasteiger partial charge in [-0.3, -0.25) is 9.59 Å². The molecule has 0 radical (unpaired) electrons. The predicted molar refractivity (Wildman–Crippen MR) is 92.9 cm³/mol. The molecule has 0 saturated heterocycles. The summed E-state index contributed by atoms with van der Waals surface area (Å²) in [6, 6.07) is 13.6. The Bertz CT molecular complexity index is 1000. The highest BCUT2D eigenvalue weighted by Gasteiger charge is 2.24. The van der Waals surface area contributed by atoms with Gasteiger partial charge >= 0.3 is 0 Å². The zero-order valence-electron chi connectivity index (χ0n) is 13.5. The minimum Gasteiger partial charge on any atom is -0.363 e. The van der Waals surface area contributed by atoms with Crippen LogP contribution in [0.5, 0.6) is 0 Å². The third-order valence-corrected chi connectivity index (χ3v) is 4.45. The van der Waals surface area contributed by atoms with Crippen molar-refractivity contribution in [3.05, 3.63) is 71.3 Å². The first-order valence-corrected chi connectivity index (χ1v) is 8.04. The average Bonchev–Trinajstić information content (AvgIpc) is 2.66. The largest absolute Gasteiger partial charge is 0.363 e. The third kappa shape index (κ3) is 2.82. The Kier molecular flexibility index (Phi) is 3.65. The van der Waals surface area contributed by atoms with E-state index < -0.39 is 5.91 Å². The van der Waals surface area contributed by atoms with Gasteiger partial charge in [-0.1, -0.05) is 30.3 Å². The maximum atomic E-state index is 12.9. The van der Waals surface area contributed by atoms with E-state index in [0.717, 1.165) is 16.3 Å². The van der Waals surface area contributed by atoms with Gasteiger partial charge in [0.05, 0.1) is 12.2 Å². The fourth-order valence-corrected chi connectivity index (χ4v) is 3.10. The summed E-state index contributed by atoms with van der Waals surface area (Å²) >= 11 is 0. The van der Waals surface area contributed by atoms with Gasteiger partial charge in [0.1, 0.15) is 0 Å². The smallest absolute Gasteiger partial charge is 0.286 e. The first-order valence-electron chi connectivity index (χ1n) is 8.04. The molecule has 0 aliphatic carbocycles. The van der Waals surface area contributed by atoms with E-state index in [0.29, 0.717) is 30.8 Å². The molecule has 25 heavy (non-hydrogen) atoms. The first-order chi connectivity index (χ1) is 12.1. The lowest BCUT2D eigenvalue weighted by atomic mass is 10.0. The number of rotatable bonds is 2. The molecule has 2 amide bonds. The van der Waals surface area contributed by atoms with Gasteiger partial charge < -0.3 is 10.6 Å². The van der Waals surface area contributed by atoms with Gasteiger partial charge in [-0.25, -0.2) is 9.97 Å². The van der Waals surface area contributed by atoms with Crippen LogP contribution in [0.25, 0.3) is 10.8 Å². The van der Waals surface area contributed by atoms with Gasteiger partial charge in [0, 0.05) is 18.3 Å². The number of fused-ring (bicyclic) bond motifs is 2. The molecule has 0 spiro atoms. The van der Waals surface area contributed by atoms with Crippen molar-refractivity contribution in [3.63, 3.8) is 0 Å². The molecule has 1 aliphatic rings. The van der Waals surface area contributed by atoms with Crippen molar-refractivity contribution < 1.29 is 9.59 Å². The summed E-state index contributed by atoms with van der Waals surface area (Å²) in [6.45, 7) is 0.946. The van der Waals surface area contributed by atoms with Crippen LogP contribution in [0.1, 0.15) is 32.2 Å². The molecule has 0 bridgehead atoms. The number of hydrogen-bond donors (Lipinski definition) is 1. The lowest BCUT2D eigenvalue weighted by Crippen LogP contribution is -2.37. The first kappa shape index (κ1) is 15.3. The molecule has 2 N–H and O–H groups in total. The number of nitrogens with two attached hydrogens (primary N) is 1. The topological polar surface area (TPSA) is 89.2 Å². The van der Waals surface area contributed by atoms with Crippen LogP contribution < -0.4 is 5.73 Å². The summed E-state index contributed by atoms with van der Waals surface area (Å²) in [6.07, 6.45) is 2.29. The summed E-state index contributed by atoms with van der Waals surface area (Å²) in [5.74, 6) is -0.727. The van der Waals surface area contributed by atoms with E-state index in [1.807, 2.05) is 42.5 Å². The standard InChI is InChI=1S/C19H16N4O2/c20-17(24)18-21-10-15-7-8-23(11-16(15)22-18)19(25)14-6-5-12-3-1-2-4-13(12)9-14/h1-6,9-10H,7-8,11H2,(H2,20,24). The summed E-state index contributed by atoms with van der Waals surface area (Å²) in [7, 11) is 0. The molecule has 6 nitrogen and oxygen atoms in total. The van der Waals surface area contributed by atoms with Gasteiger partial charge in [-0.15, -0.1) is 0 Å². The number of benzene rings is 2. The second-order valence-electron chi connectivity index (χ2n) is 6.07. The second kappa shape index (κ2) is 5.98. The molecule has 2 heterocycles. The zero-order chi connectivity index (χ0) is 17.4. The second-order valence-corrected chi connectivity index (χ2v) is 6.07. The quantitative estimate of drug-likeness (QED) is 0.776. The van der Waals surface area contributed by atoms with Crippen molar-refractivity contribution in [2.24, 2.45) is 5.73 Å². The number of amides is 2. The highest BCUT2D eigenvalue weighted by atomic mass is 16.2. The molecule has 4 rings (SSSR count). The Morgan fingerprint density at radius 3 is 2.68 bits per heavy atom. The number of hydrogen-bond acceptors (Lipinski definition) is 4. The lowest BCUT2D eigenvalue weighted by molar-refractivity contribution is 0.0731. The van der Waals surface area contributed by atoms with Crippen LogP contribution in [0.3, 0.4) is 0 Å². The third-order valence-electron chi connectivity index (χ3n) is 4.45. The van der Waals surface area contributed by atoms with Crippen molar-refractivity contribution in [2.75, 3.05) is 6.54 Å². The van der Waals surface area contributed by atoms with E-state index >= 15 is 0 Å². The van der Waals surface area contributed by atoms with Crippen LogP contribution >= 0.6 is 0 Å². The van der Waals surface area contributed by atoms with Crippen LogP contribution in [0.15, 0.2) is 48.7 Å². The summed E-state index contributed by atoms with van der Waals surface area (Å²) in [4.78, 5) is 34.0. The molecule has 0 fully saturated rings. The molecule has 1 aromatic heterocycles. The molecule has 2 aromatic carbocycles. The minimum absolute atomic E-state index is 0.0150. The average molecular weight is 332 g/mol. The number of primary amides is 1. The molecular formula is C19H16N4O2. The fraction of sp³-hybridized carbons (Fsp3) is 0.158. The maximum absolute atomic E-state index is 12.9. The zero-order valence-corrected chi connectivity index (χ0v) is 13.5. The lowest BCUT2D eigenvalue weighted by Gasteiger charge is -2.28. The van der Waals surface area contributed by atoms with Crippen LogP contribution in [0.2, 0.25) is 0 Å². The molecule has 1 aliphatic heterocycles. The maximum Gasteiger partial charge on any atom is 0.286 e. The highest BCUT2D eigenvalue weighted by Crippen LogP contribution is 2.21. The van der Waals surface area contributed by atoms with E-state index in [-0.39, 0.29) is 11.7 Å². The van der Waals surface area contributed by atoms with E-state index in [1.165, 1.54) is 0 Å². The summed E-state index contributed by atoms with van der Waals surface area (Å²) in [5.41, 5.74) is 7.52. The van der Waals surface area contributed by atoms with Crippen molar-refractivity contribution in [3.8, 4) is 0 Å². The van der Waals surface area contributed by atoms with Gasteiger partial charge in [0.15, 0.2) is 0 Å². The molecule has 124 valence electrons. The van der Waals surface area contributed by atoms with Gasteiger partial charge in [0.2, 0.25) is 5.82 Å². The summed E-state index contributed by atoms with van der Waals surface area (Å²) < 4.78 is 0. The molecule has 0 unspecified atom stereocenters. The van der Waals surface area contributed by atoms with E-state index in [9.17, 15) is 9.59 Å². The van der Waals surface area contributed by atoms with E-state index in [2.05, 4.69) is 9.97 Å². The van der Waals surface area contributed by atoms with Crippen molar-refractivity contribution in [2.45, 2.75) is 13.0 Å². The summed E-state index contributed by atoms with van der Waals surface area (Å²) in [5, 5.41) is 2.13.